The van der Waals surface area contributed by atoms with E-state index < -0.39 is 5.91 Å². The first-order valence-corrected chi connectivity index (χ1v) is 4.20. The zero-order valence-corrected chi connectivity index (χ0v) is 7.62. The Morgan fingerprint density at radius 1 is 1.46 bits per heavy atom. The number of hydrogen-bond acceptors (Lipinski definition) is 2. The minimum Gasteiger partial charge on any atom is -0.436 e. The summed E-state index contributed by atoms with van der Waals surface area (Å²) in [7, 11) is 0.692. The van der Waals surface area contributed by atoms with Crippen molar-refractivity contribution < 1.29 is 9.45 Å². The number of amides is 1. The normalized spacial score (nSPS) is 9.62. The molecule has 1 rings (SSSR count). The van der Waals surface area contributed by atoms with E-state index in [9.17, 15) is 4.79 Å². The van der Waals surface area contributed by atoms with Gasteiger partial charge in [-0.05, 0) is 17.7 Å². The van der Waals surface area contributed by atoms with Crippen LogP contribution in [0.1, 0.15) is 15.9 Å². The Labute approximate surface area is 78.2 Å². The van der Waals surface area contributed by atoms with E-state index in [0.717, 1.165) is 5.56 Å². The Hall–Kier alpha value is -1.29. The van der Waals surface area contributed by atoms with Gasteiger partial charge in [0.15, 0.2) is 0 Å². The SMILES string of the molecule is CBOCc1ccc(C(N)=O)cc1. The van der Waals surface area contributed by atoms with Crippen molar-refractivity contribution in [1.82, 2.24) is 0 Å². The minimum absolute atomic E-state index is 0.400. The summed E-state index contributed by atoms with van der Waals surface area (Å²) in [6.07, 6.45) is 0. The summed E-state index contributed by atoms with van der Waals surface area (Å²) in [5, 5.41) is 0. The highest BCUT2D eigenvalue weighted by molar-refractivity contribution is 6.24. The molecule has 3 nitrogen and oxygen atoms in total. The van der Waals surface area contributed by atoms with Crippen LogP contribution in [0.5, 0.6) is 0 Å². The average Bonchev–Trinajstić information content (AvgIpc) is 2.15. The van der Waals surface area contributed by atoms with Crippen molar-refractivity contribution in [2.24, 2.45) is 5.73 Å². The molecule has 2 N–H and O–H groups in total. The largest absolute Gasteiger partial charge is 0.436 e. The predicted molar refractivity (Wildman–Crippen MR) is 52.8 cm³/mol. The van der Waals surface area contributed by atoms with Crippen molar-refractivity contribution in [3.63, 3.8) is 0 Å². The molecule has 0 aromatic heterocycles. The first-order chi connectivity index (χ1) is 6.24. The van der Waals surface area contributed by atoms with Gasteiger partial charge in [-0.15, -0.1) is 0 Å². The maximum absolute atomic E-state index is 10.7. The third kappa shape index (κ3) is 2.91. The van der Waals surface area contributed by atoms with Crippen molar-refractivity contribution >= 4 is 13.4 Å². The summed E-state index contributed by atoms with van der Waals surface area (Å²) < 4.78 is 5.20. The highest BCUT2D eigenvalue weighted by Crippen LogP contribution is 2.04. The molecule has 13 heavy (non-hydrogen) atoms. The number of nitrogens with two attached hydrogens (primary N) is 1. The molecular weight excluding hydrogens is 165 g/mol. The zero-order valence-electron chi connectivity index (χ0n) is 7.62. The maximum atomic E-state index is 10.7. The van der Waals surface area contributed by atoms with E-state index in [4.69, 9.17) is 10.4 Å². The first-order valence-electron chi connectivity index (χ1n) is 4.20. The molecule has 1 aromatic rings. The van der Waals surface area contributed by atoms with Gasteiger partial charge in [0.25, 0.3) is 7.48 Å². The fourth-order valence-electron chi connectivity index (χ4n) is 0.985. The lowest BCUT2D eigenvalue weighted by Gasteiger charge is -2.01. The monoisotopic (exact) mass is 177 g/mol. The van der Waals surface area contributed by atoms with Gasteiger partial charge in [-0.3, -0.25) is 4.79 Å². The maximum Gasteiger partial charge on any atom is 0.272 e. The second-order valence-corrected chi connectivity index (χ2v) is 2.70. The molecule has 68 valence electrons. The molecule has 0 atom stereocenters. The van der Waals surface area contributed by atoms with Crippen molar-refractivity contribution in [3.05, 3.63) is 35.4 Å². The van der Waals surface area contributed by atoms with E-state index in [0.29, 0.717) is 19.7 Å². The molecule has 0 radical (unpaired) electrons. The Morgan fingerprint density at radius 2 is 2.08 bits per heavy atom. The van der Waals surface area contributed by atoms with Gasteiger partial charge in [0.1, 0.15) is 0 Å². The van der Waals surface area contributed by atoms with Gasteiger partial charge in [-0.25, -0.2) is 0 Å². The molecule has 0 aliphatic rings. The van der Waals surface area contributed by atoms with Gasteiger partial charge >= 0.3 is 0 Å². The number of hydrogen-bond donors (Lipinski definition) is 1. The van der Waals surface area contributed by atoms with Crippen molar-refractivity contribution in [2.45, 2.75) is 13.4 Å². The molecule has 0 unspecified atom stereocenters. The van der Waals surface area contributed by atoms with Gasteiger partial charge in [0.2, 0.25) is 5.91 Å². The van der Waals surface area contributed by atoms with Crippen LogP contribution in [0.25, 0.3) is 0 Å². The van der Waals surface area contributed by atoms with E-state index >= 15 is 0 Å². The van der Waals surface area contributed by atoms with Gasteiger partial charge in [0.05, 0.1) is 6.61 Å². The van der Waals surface area contributed by atoms with Crippen molar-refractivity contribution in [1.29, 1.82) is 0 Å². The third-order valence-electron chi connectivity index (χ3n) is 1.71. The summed E-state index contributed by atoms with van der Waals surface area (Å²) in [6.45, 7) is 2.52. The molecule has 0 fully saturated rings. The Morgan fingerprint density at radius 3 is 2.54 bits per heavy atom. The lowest BCUT2D eigenvalue weighted by molar-refractivity contribution is 0.100. The van der Waals surface area contributed by atoms with Crippen LogP contribution in [-0.2, 0) is 11.3 Å². The predicted octanol–water partition coefficient (Wildman–Crippen LogP) is 0.702. The van der Waals surface area contributed by atoms with Crippen molar-refractivity contribution in [3.8, 4) is 0 Å². The highest BCUT2D eigenvalue weighted by atomic mass is 16.4. The molecule has 1 amide bonds. The van der Waals surface area contributed by atoms with E-state index in [1.54, 1.807) is 12.1 Å². The second-order valence-electron chi connectivity index (χ2n) is 2.70. The Kier molecular flexibility index (Phi) is 3.52. The Bertz CT molecular complexity index is 284. The molecule has 0 spiro atoms. The minimum atomic E-state index is -0.400. The average molecular weight is 177 g/mol. The van der Waals surface area contributed by atoms with Crippen LogP contribution in [0.4, 0.5) is 0 Å². The molecular formula is C9H12BNO2. The quantitative estimate of drug-likeness (QED) is 0.688. The zero-order chi connectivity index (χ0) is 9.68. The lowest BCUT2D eigenvalue weighted by Crippen LogP contribution is -2.10. The Balaban J connectivity index is 2.64. The number of carbonyl (C=O) groups excluding carboxylic acids is 1. The molecule has 0 aliphatic carbocycles. The van der Waals surface area contributed by atoms with E-state index in [-0.39, 0.29) is 0 Å². The fraction of sp³-hybridized carbons (Fsp3) is 0.222. The summed E-state index contributed by atoms with van der Waals surface area (Å²) in [5.74, 6) is -0.400. The van der Waals surface area contributed by atoms with E-state index in [1.165, 1.54) is 0 Å². The number of primary amides is 1. The van der Waals surface area contributed by atoms with Gasteiger partial charge in [-0.2, -0.15) is 0 Å². The summed E-state index contributed by atoms with van der Waals surface area (Å²) >= 11 is 0. The molecule has 1 aromatic carbocycles. The first kappa shape index (κ1) is 9.80. The van der Waals surface area contributed by atoms with Crippen LogP contribution in [-0.4, -0.2) is 13.4 Å². The third-order valence-corrected chi connectivity index (χ3v) is 1.71. The smallest absolute Gasteiger partial charge is 0.272 e. The lowest BCUT2D eigenvalue weighted by atomic mass is 10.1. The molecule has 4 heteroatoms. The van der Waals surface area contributed by atoms with Crippen molar-refractivity contribution in [2.75, 3.05) is 0 Å². The summed E-state index contributed by atoms with van der Waals surface area (Å²) in [4.78, 5) is 10.7. The fourth-order valence-corrected chi connectivity index (χ4v) is 0.985. The topological polar surface area (TPSA) is 52.3 Å². The number of benzene rings is 1. The van der Waals surface area contributed by atoms with Crippen LogP contribution in [0.2, 0.25) is 6.82 Å². The van der Waals surface area contributed by atoms with E-state index in [1.807, 2.05) is 19.0 Å². The van der Waals surface area contributed by atoms with Gasteiger partial charge in [-0.1, -0.05) is 19.0 Å². The highest BCUT2D eigenvalue weighted by Gasteiger charge is 1.98. The van der Waals surface area contributed by atoms with Gasteiger partial charge < -0.3 is 10.4 Å². The van der Waals surface area contributed by atoms with Crippen LogP contribution in [0, 0.1) is 0 Å². The van der Waals surface area contributed by atoms with Crippen LogP contribution < -0.4 is 5.73 Å². The molecule has 0 saturated heterocycles. The van der Waals surface area contributed by atoms with Crippen LogP contribution in [0.15, 0.2) is 24.3 Å². The number of rotatable bonds is 4. The molecule has 0 aliphatic heterocycles. The molecule has 0 saturated carbocycles. The number of carbonyl (C=O) groups is 1. The summed E-state index contributed by atoms with van der Waals surface area (Å²) in [6, 6.07) is 7.10. The van der Waals surface area contributed by atoms with Gasteiger partial charge in [0, 0.05) is 5.56 Å². The summed E-state index contributed by atoms with van der Waals surface area (Å²) in [5.41, 5.74) is 6.67. The standard InChI is InChI=1S/C9H12BNO2/c1-10-13-6-7-2-4-8(5-3-7)9(11)12/h2-5,10H,6H2,1H3,(H2,11,12). The van der Waals surface area contributed by atoms with Crippen LogP contribution >= 0.6 is 0 Å². The van der Waals surface area contributed by atoms with Crippen LogP contribution in [0.3, 0.4) is 0 Å². The second kappa shape index (κ2) is 4.67. The molecule has 0 heterocycles. The van der Waals surface area contributed by atoms with E-state index in [2.05, 4.69) is 0 Å². The molecule has 0 bridgehead atoms.